The van der Waals surface area contributed by atoms with Crippen molar-refractivity contribution >= 4 is 28.5 Å². The minimum Gasteiger partial charge on any atom is -0.479 e. The summed E-state index contributed by atoms with van der Waals surface area (Å²) in [5, 5.41) is 5.01. The highest BCUT2D eigenvalue weighted by atomic mass is 35.5. The highest BCUT2D eigenvalue weighted by Gasteiger charge is 2.35. The fraction of sp³-hybridized carbons (Fsp3) is 0.333. The standard InChI is InChI=1S/C21H21ClN4O2/c1-12-11-26(7-6-23-12)21(27)18-9-13-8-14(22)10-17(19(13)28-18)15-2-4-24-20-16(15)3-5-25-20/h2-5,8,10,12,18,23H,6-7,9,11H2,1H3,(H,24,25)/t12-,18+/m1/s1. The van der Waals surface area contributed by atoms with E-state index in [4.69, 9.17) is 16.3 Å². The fourth-order valence-corrected chi connectivity index (χ4v) is 4.44. The zero-order valence-corrected chi connectivity index (χ0v) is 16.3. The number of piperazine rings is 1. The van der Waals surface area contributed by atoms with E-state index < -0.39 is 6.10 Å². The lowest BCUT2D eigenvalue weighted by atomic mass is 9.99. The number of nitrogens with zero attached hydrogens (tertiary/aromatic N) is 2. The highest BCUT2D eigenvalue weighted by molar-refractivity contribution is 6.31. The molecule has 0 bridgehead atoms. The maximum absolute atomic E-state index is 13.0. The molecule has 3 aromatic rings. The van der Waals surface area contributed by atoms with Gasteiger partial charge in [-0.2, -0.15) is 0 Å². The van der Waals surface area contributed by atoms with Gasteiger partial charge in [-0.15, -0.1) is 0 Å². The largest absolute Gasteiger partial charge is 0.479 e. The first kappa shape index (κ1) is 17.5. The molecule has 1 aromatic carbocycles. The van der Waals surface area contributed by atoms with E-state index in [1.807, 2.05) is 35.4 Å². The van der Waals surface area contributed by atoms with E-state index in [-0.39, 0.29) is 5.91 Å². The van der Waals surface area contributed by atoms with Gasteiger partial charge in [0.15, 0.2) is 6.10 Å². The van der Waals surface area contributed by atoms with Crippen molar-refractivity contribution in [3.05, 3.63) is 47.2 Å². The van der Waals surface area contributed by atoms with Crippen LogP contribution in [0.2, 0.25) is 5.02 Å². The number of benzene rings is 1. The number of nitrogens with one attached hydrogen (secondary N) is 2. The first-order valence-electron chi connectivity index (χ1n) is 9.54. The zero-order valence-electron chi connectivity index (χ0n) is 15.5. The molecule has 0 unspecified atom stereocenters. The van der Waals surface area contributed by atoms with E-state index in [9.17, 15) is 4.79 Å². The number of carbonyl (C=O) groups is 1. The third-order valence-corrected chi connectivity index (χ3v) is 5.72. The number of hydrogen-bond donors (Lipinski definition) is 2. The summed E-state index contributed by atoms with van der Waals surface area (Å²) in [7, 11) is 0. The average molecular weight is 397 g/mol. The van der Waals surface area contributed by atoms with Gasteiger partial charge in [-0.25, -0.2) is 4.98 Å². The summed E-state index contributed by atoms with van der Waals surface area (Å²) in [5.74, 6) is 0.799. The number of pyridine rings is 1. The van der Waals surface area contributed by atoms with Crippen molar-refractivity contribution in [2.24, 2.45) is 0 Å². The summed E-state index contributed by atoms with van der Waals surface area (Å²) in [6.07, 6.45) is 3.67. The molecule has 28 heavy (non-hydrogen) atoms. The molecule has 7 heteroatoms. The van der Waals surface area contributed by atoms with Crippen molar-refractivity contribution in [1.82, 2.24) is 20.2 Å². The molecule has 2 aliphatic heterocycles. The molecule has 2 aromatic heterocycles. The summed E-state index contributed by atoms with van der Waals surface area (Å²) in [6, 6.07) is 8.06. The van der Waals surface area contributed by atoms with Gasteiger partial charge in [-0.1, -0.05) is 11.6 Å². The van der Waals surface area contributed by atoms with Crippen LogP contribution in [-0.2, 0) is 11.2 Å². The smallest absolute Gasteiger partial charge is 0.264 e. The second kappa shape index (κ2) is 6.79. The Morgan fingerprint density at radius 1 is 1.32 bits per heavy atom. The van der Waals surface area contributed by atoms with E-state index >= 15 is 0 Å². The molecule has 5 rings (SSSR count). The summed E-state index contributed by atoms with van der Waals surface area (Å²) in [5.41, 5.74) is 3.68. The molecular weight excluding hydrogens is 376 g/mol. The minimum atomic E-state index is -0.499. The van der Waals surface area contributed by atoms with Gasteiger partial charge in [-0.3, -0.25) is 4.79 Å². The fourth-order valence-electron chi connectivity index (χ4n) is 4.19. The van der Waals surface area contributed by atoms with Crippen LogP contribution in [0.1, 0.15) is 12.5 Å². The van der Waals surface area contributed by atoms with Gasteiger partial charge in [-0.05, 0) is 36.8 Å². The molecule has 2 N–H and O–H groups in total. The maximum Gasteiger partial charge on any atom is 0.264 e. The normalized spacial score (nSPS) is 21.6. The van der Waals surface area contributed by atoms with Crippen molar-refractivity contribution in [2.75, 3.05) is 19.6 Å². The van der Waals surface area contributed by atoms with E-state index in [0.717, 1.165) is 40.0 Å². The molecule has 4 heterocycles. The molecular formula is C21H21ClN4O2. The first-order chi connectivity index (χ1) is 13.6. The Balaban J connectivity index is 1.50. The molecule has 0 spiro atoms. The van der Waals surface area contributed by atoms with Crippen molar-refractivity contribution < 1.29 is 9.53 Å². The number of H-pyrrole nitrogens is 1. The number of halogens is 1. The van der Waals surface area contributed by atoms with Crippen LogP contribution in [0.3, 0.4) is 0 Å². The average Bonchev–Trinajstić information content (AvgIpc) is 3.33. The lowest BCUT2D eigenvalue weighted by Crippen LogP contribution is -2.54. The van der Waals surface area contributed by atoms with E-state index in [0.29, 0.717) is 30.6 Å². The lowest BCUT2D eigenvalue weighted by molar-refractivity contribution is -0.139. The Kier molecular flexibility index (Phi) is 4.25. The second-order valence-electron chi connectivity index (χ2n) is 7.49. The molecule has 2 atom stereocenters. The first-order valence-corrected chi connectivity index (χ1v) is 9.91. The van der Waals surface area contributed by atoms with Gasteiger partial charge in [0.2, 0.25) is 0 Å². The topological polar surface area (TPSA) is 70.2 Å². The Bertz CT molecular complexity index is 1060. The molecule has 1 saturated heterocycles. The molecule has 144 valence electrons. The number of fused-ring (bicyclic) bond motifs is 2. The van der Waals surface area contributed by atoms with Gasteiger partial charge in [0.05, 0.1) is 0 Å². The number of carbonyl (C=O) groups excluding carboxylic acids is 1. The Morgan fingerprint density at radius 2 is 2.21 bits per heavy atom. The van der Waals surface area contributed by atoms with Crippen LogP contribution in [0.25, 0.3) is 22.2 Å². The third kappa shape index (κ3) is 2.93. The number of amides is 1. The van der Waals surface area contributed by atoms with Crippen LogP contribution in [-0.4, -0.2) is 52.6 Å². The molecule has 0 aliphatic carbocycles. The second-order valence-corrected chi connectivity index (χ2v) is 7.93. The highest BCUT2D eigenvalue weighted by Crippen LogP contribution is 2.43. The quantitative estimate of drug-likeness (QED) is 0.698. The van der Waals surface area contributed by atoms with Gasteiger partial charge < -0.3 is 19.9 Å². The predicted molar refractivity (Wildman–Crippen MR) is 109 cm³/mol. The predicted octanol–water partition coefficient (Wildman–Crippen LogP) is 3.01. The number of aromatic amines is 1. The number of ether oxygens (including phenoxy) is 1. The summed E-state index contributed by atoms with van der Waals surface area (Å²) >= 11 is 6.42. The number of rotatable bonds is 2. The molecule has 0 saturated carbocycles. The number of hydrogen-bond acceptors (Lipinski definition) is 4. The van der Waals surface area contributed by atoms with Gasteiger partial charge in [0.1, 0.15) is 11.4 Å². The van der Waals surface area contributed by atoms with E-state index in [2.05, 4.69) is 22.2 Å². The zero-order chi connectivity index (χ0) is 19.3. The lowest BCUT2D eigenvalue weighted by Gasteiger charge is -2.33. The molecule has 2 aliphatic rings. The van der Waals surface area contributed by atoms with Crippen molar-refractivity contribution in [3.63, 3.8) is 0 Å². The number of aromatic nitrogens is 2. The van der Waals surface area contributed by atoms with E-state index in [1.54, 1.807) is 6.20 Å². The SMILES string of the molecule is C[C@@H]1CN(C(=O)[C@@H]2Cc3cc(Cl)cc(-c4ccnc5[nH]ccc45)c3O2)CCN1. The summed E-state index contributed by atoms with van der Waals surface area (Å²) in [6.45, 7) is 4.32. The molecule has 0 radical (unpaired) electrons. The molecule has 1 amide bonds. The summed E-state index contributed by atoms with van der Waals surface area (Å²) < 4.78 is 6.22. The Morgan fingerprint density at radius 3 is 3.07 bits per heavy atom. The van der Waals surface area contributed by atoms with Crippen molar-refractivity contribution in [1.29, 1.82) is 0 Å². The van der Waals surface area contributed by atoms with Crippen molar-refractivity contribution in [3.8, 4) is 16.9 Å². The molecule has 6 nitrogen and oxygen atoms in total. The Labute approximate surface area is 167 Å². The van der Waals surface area contributed by atoms with Gasteiger partial charge >= 0.3 is 0 Å². The van der Waals surface area contributed by atoms with Crippen LogP contribution < -0.4 is 10.1 Å². The third-order valence-electron chi connectivity index (χ3n) is 5.50. The summed E-state index contributed by atoms with van der Waals surface area (Å²) in [4.78, 5) is 22.4. The van der Waals surface area contributed by atoms with Gasteiger partial charge in [0.25, 0.3) is 5.91 Å². The van der Waals surface area contributed by atoms with E-state index in [1.165, 1.54) is 0 Å². The van der Waals surface area contributed by atoms with Gasteiger partial charge in [0, 0.05) is 66.0 Å². The maximum atomic E-state index is 13.0. The van der Waals surface area contributed by atoms with Crippen LogP contribution in [0.15, 0.2) is 36.7 Å². The van der Waals surface area contributed by atoms with Crippen LogP contribution in [0, 0.1) is 0 Å². The Hall–Kier alpha value is -2.57. The van der Waals surface area contributed by atoms with Crippen LogP contribution >= 0.6 is 11.6 Å². The van der Waals surface area contributed by atoms with Crippen LogP contribution in [0.5, 0.6) is 5.75 Å². The minimum absolute atomic E-state index is 0.0492. The monoisotopic (exact) mass is 396 g/mol. The van der Waals surface area contributed by atoms with Crippen LogP contribution in [0.4, 0.5) is 0 Å². The van der Waals surface area contributed by atoms with Crippen molar-refractivity contribution in [2.45, 2.75) is 25.5 Å². The molecule has 1 fully saturated rings.